The first-order valence-electron chi connectivity index (χ1n) is 11.9. The lowest BCUT2D eigenvalue weighted by atomic mass is 10.0. The van der Waals surface area contributed by atoms with Gasteiger partial charge in [-0.15, -0.1) is 0 Å². The van der Waals surface area contributed by atoms with E-state index in [1.807, 2.05) is 24.4 Å². The Hall–Kier alpha value is -2.61. The molecular formula is C27H34N4O2S. The Morgan fingerprint density at radius 2 is 1.97 bits per heavy atom. The number of hydrogen-bond acceptors (Lipinski definition) is 6. The number of nitrogens with zero attached hydrogens (tertiary/aromatic N) is 3. The minimum Gasteiger partial charge on any atom is -0.507 e. The molecule has 1 saturated heterocycles. The van der Waals surface area contributed by atoms with E-state index in [1.165, 1.54) is 5.56 Å². The van der Waals surface area contributed by atoms with E-state index in [0.717, 1.165) is 61.5 Å². The number of aromatic nitrogens is 2. The SMILES string of the molecule is C[C@H]1CN(Cc2cccc(-c3ccnc(CCCc4ccc(O)c(S(C)=O)c4)n3)c2)[C@@H](C)CN1. The van der Waals surface area contributed by atoms with E-state index in [1.54, 1.807) is 12.3 Å². The van der Waals surface area contributed by atoms with Gasteiger partial charge in [-0.1, -0.05) is 24.3 Å². The number of phenolic OH excluding ortho intramolecular Hbond substituents is 1. The molecule has 0 aliphatic carbocycles. The number of nitrogens with one attached hydrogen (secondary N) is 1. The third-order valence-electron chi connectivity index (χ3n) is 6.41. The van der Waals surface area contributed by atoms with Gasteiger partial charge < -0.3 is 10.4 Å². The Kier molecular flexibility index (Phi) is 8.08. The van der Waals surface area contributed by atoms with Gasteiger partial charge in [0.2, 0.25) is 0 Å². The zero-order valence-corrected chi connectivity index (χ0v) is 21.0. The highest BCUT2D eigenvalue weighted by Gasteiger charge is 2.22. The number of aryl methyl sites for hydroxylation is 2. The van der Waals surface area contributed by atoms with Gasteiger partial charge in [-0.05, 0) is 62.1 Å². The number of hydrogen-bond donors (Lipinski definition) is 2. The van der Waals surface area contributed by atoms with E-state index in [-0.39, 0.29) is 5.75 Å². The average Bonchev–Trinajstić information content (AvgIpc) is 2.83. The Morgan fingerprint density at radius 1 is 1.12 bits per heavy atom. The van der Waals surface area contributed by atoms with Gasteiger partial charge in [-0.3, -0.25) is 9.11 Å². The highest BCUT2D eigenvalue weighted by Crippen LogP contribution is 2.23. The first-order valence-corrected chi connectivity index (χ1v) is 13.5. The van der Waals surface area contributed by atoms with Crippen molar-refractivity contribution in [3.63, 3.8) is 0 Å². The van der Waals surface area contributed by atoms with Crippen LogP contribution in [-0.2, 0) is 30.2 Å². The quantitative estimate of drug-likeness (QED) is 0.511. The minimum atomic E-state index is -1.21. The predicted molar refractivity (Wildman–Crippen MR) is 137 cm³/mol. The monoisotopic (exact) mass is 478 g/mol. The van der Waals surface area contributed by atoms with Crippen molar-refractivity contribution in [2.24, 2.45) is 0 Å². The van der Waals surface area contributed by atoms with E-state index in [4.69, 9.17) is 4.98 Å². The lowest BCUT2D eigenvalue weighted by Gasteiger charge is -2.37. The molecule has 2 heterocycles. The maximum absolute atomic E-state index is 11.8. The molecule has 1 aliphatic heterocycles. The van der Waals surface area contributed by atoms with Crippen LogP contribution in [0.5, 0.6) is 5.75 Å². The van der Waals surface area contributed by atoms with Crippen LogP contribution in [0, 0.1) is 0 Å². The van der Waals surface area contributed by atoms with Gasteiger partial charge in [0, 0.05) is 56.2 Å². The van der Waals surface area contributed by atoms with E-state index in [0.29, 0.717) is 17.0 Å². The van der Waals surface area contributed by atoms with Crippen molar-refractivity contribution in [2.75, 3.05) is 19.3 Å². The Balaban J connectivity index is 1.40. The molecule has 4 rings (SSSR count). The molecule has 1 fully saturated rings. The van der Waals surface area contributed by atoms with Gasteiger partial charge in [0.15, 0.2) is 0 Å². The number of rotatable bonds is 8. The van der Waals surface area contributed by atoms with Crippen LogP contribution < -0.4 is 5.32 Å². The molecule has 1 aliphatic rings. The Bertz CT molecular complexity index is 1150. The van der Waals surface area contributed by atoms with Crippen LogP contribution in [0.4, 0.5) is 0 Å². The summed E-state index contributed by atoms with van der Waals surface area (Å²) >= 11 is 0. The fraction of sp³-hybridized carbons (Fsp3) is 0.407. The van der Waals surface area contributed by atoms with Crippen LogP contribution in [0.15, 0.2) is 59.6 Å². The number of benzene rings is 2. The molecule has 34 heavy (non-hydrogen) atoms. The molecule has 0 spiro atoms. The van der Waals surface area contributed by atoms with Gasteiger partial charge in [0.05, 0.1) is 21.4 Å². The van der Waals surface area contributed by atoms with Crippen molar-refractivity contribution in [3.05, 3.63) is 71.7 Å². The molecule has 0 radical (unpaired) electrons. The maximum Gasteiger partial charge on any atom is 0.131 e. The van der Waals surface area contributed by atoms with Gasteiger partial charge in [-0.2, -0.15) is 0 Å². The van der Waals surface area contributed by atoms with Crippen LogP contribution >= 0.6 is 0 Å². The first-order chi connectivity index (χ1) is 16.4. The Morgan fingerprint density at radius 3 is 2.79 bits per heavy atom. The first kappa shape index (κ1) is 24.5. The summed E-state index contributed by atoms with van der Waals surface area (Å²) in [6.07, 6.45) is 5.87. The normalized spacial score (nSPS) is 19.7. The number of piperazine rings is 1. The minimum absolute atomic E-state index is 0.0868. The molecule has 0 saturated carbocycles. The summed E-state index contributed by atoms with van der Waals surface area (Å²) in [5.41, 5.74) is 4.42. The molecule has 3 atom stereocenters. The van der Waals surface area contributed by atoms with Gasteiger partial charge in [0.25, 0.3) is 0 Å². The molecule has 7 heteroatoms. The molecule has 3 aromatic rings. The summed E-state index contributed by atoms with van der Waals surface area (Å²) in [7, 11) is -1.21. The van der Waals surface area contributed by atoms with Gasteiger partial charge >= 0.3 is 0 Å². The zero-order chi connectivity index (χ0) is 24.1. The largest absolute Gasteiger partial charge is 0.507 e. The summed E-state index contributed by atoms with van der Waals surface area (Å²) in [6, 6.07) is 17.0. The van der Waals surface area contributed by atoms with Crippen LogP contribution in [0.3, 0.4) is 0 Å². The summed E-state index contributed by atoms with van der Waals surface area (Å²) in [4.78, 5) is 12.3. The predicted octanol–water partition coefficient (Wildman–Crippen LogP) is 3.94. The number of aromatic hydroxyl groups is 1. The maximum atomic E-state index is 11.8. The smallest absolute Gasteiger partial charge is 0.131 e. The van der Waals surface area contributed by atoms with E-state index >= 15 is 0 Å². The number of phenols is 1. The standard InChI is InChI=1S/C27H34N4O2S/c1-19-17-31(20(2)16-29-19)18-22-7-4-8-23(14-22)24-12-13-28-27(30-24)9-5-6-21-10-11-25(32)26(15-21)34(3)33/h4,7-8,10-15,19-20,29,32H,5-6,9,16-18H2,1-3H3/t19-,20-,34?/m0/s1. The van der Waals surface area contributed by atoms with Gasteiger partial charge in [0.1, 0.15) is 11.6 Å². The molecular weight excluding hydrogens is 444 g/mol. The lowest BCUT2D eigenvalue weighted by molar-refractivity contribution is 0.139. The summed E-state index contributed by atoms with van der Waals surface area (Å²) in [6.45, 7) is 7.54. The molecule has 0 bridgehead atoms. The highest BCUT2D eigenvalue weighted by molar-refractivity contribution is 7.84. The topological polar surface area (TPSA) is 78.3 Å². The molecule has 2 aromatic carbocycles. The average molecular weight is 479 g/mol. The van der Waals surface area contributed by atoms with Crippen molar-refractivity contribution in [2.45, 2.75) is 56.6 Å². The van der Waals surface area contributed by atoms with E-state index < -0.39 is 10.8 Å². The molecule has 180 valence electrons. The lowest BCUT2D eigenvalue weighted by Crippen LogP contribution is -2.53. The molecule has 1 unspecified atom stereocenters. The Labute approximate surface area is 204 Å². The second-order valence-corrected chi connectivity index (χ2v) is 10.6. The zero-order valence-electron chi connectivity index (χ0n) is 20.2. The third kappa shape index (κ3) is 6.29. The van der Waals surface area contributed by atoms with Crippen molar-refractivity contribution >= 4 is 10.8 Å². The fourth-order valence-corrected chi connectivity index (χ4v) is 5.14. The van der Waals surface area contributed by atoms with Crippen molar-refractivity contribution < 1.29 is 9.32 Å². The van der Waals surface area contributed by atoms with E-state index in [9.17, 15) is 9.32 Å². The molecule has 6 nitrogen and oxygen atoms in total. The summed E-state index contributed by atoms with van der Waals surface area (Å²) in [5.74, 6) is 0.911. The fourth-order valence-electron chi connectivity index (χ4n) is 4.46. The van der Waals surface area contributed by atoms with Crippen LogP contribution in [-0.4, -0.2) is 55.6 Å². The highest BCUT2D eigenvalue weighted by atomic mass is 32.2. The van der Waals surface area contributed by atoms with E-state index in [2.05, 4.69) is 53.3 Å². The molecule has 1 aromatic heterocycles. The van der Waals surface area contributed by atoms with Crippen molar-refractivity contribution in [3.8, 4) is 17.0 Å². The second-order valence-electron chi connectivity index (χ2n) is 9.26. The third-order valence-corrected chi connectivity index (χ3v) is 7.35. The summed E-state index contributed by atoms with van der Waals surface area (Å²) in [5, 5.41) is 13.4. The second kappa shape index (κ2) is 11.2. The molecule has 0 amide bonds. The van der Waals surface area contributed by atoms with Crippen LogP contribution in [0.25, 0.3) is 11.3 Å². The van der Waals surface area contributed by atoms with Crippen LogP contribution in [0.1, 0.15) is 37.2 Å². The van der Waals surface area contributed by atoms with Gasteiger partial charge in [-0.25, -0.2) is 9.97 Å². The molecule has 2 N–H and O–H groups in total. The van der Waals surface area contributed by atoms with Crippen LogP contribution in [0.2, 0.25) is 0 Å². The van der Waals surface area contributed by atoms with Crippen molar-refractivity contribution in [1.29, 1.82) is 0 Å². The summed E-state index contributed by atoms with van der Waals surface area (Å²) < 4.78 is 11.8. The van der Waals surface area contributed by atoms with Crippen molar-refractivity contribution in [1.82, 2.24) is 20.2 Å².